The van der Waals surface area contributed by atoms with Gasteiger partial charge in [0, 0.05) is 24.0 Å². The first-order valence-corrected chi connectivity index (χ1v) is 9.87. The molecule has 1 saturated heterocycles. The summed E-state index contributed by atoms with van der Waals surface area (Å²) in [5.74, 6) is -0.981. The second kappa shape index (κ2) is 8.67. The smallest absolute Gasteiger partial charge is 0.409 e. The Morgan fingerprint density at radius 3 is 3.04 bits per heavy atom. The number of amides is 2. The first-order chi connectivity index (χ1) is 13.0. The van der Waals surface area contributed by atoms with Gasteiger partial charge in [0.25, 0.3) is 0 Å². The summed E-state index contributed by atoms with van der Waals surface area (Å²) in [7, 11) is 0. The number of ether oxygens (including phenoxy) is 1. The van der Waals surface area contributed by atoms with Gasteiger partial charge < -0.3 is 15.0 Å². The van der Waals surface area contributed by atoms with Gasteiger partial charge in [-0.3, -0.25) is 4.79 Å². The van der Waals surface area contributed by atoms with Gasteiger partial charge in [-0.2, -0.15) is 0 Å². The molecule has 27 heavy (non-hydrogen) atoms. The second-order valence-corrected chi connectivity index (χ2v) is 7.41. The molecule has 2 heterocycles. The van der Waals surface area contributed by atoms with Gasteiger partial charge in [0.15, 0.2) is 5.13 Å². The number of nitrogens with one attached hydrogen (secondary N) is 1. The van der Waals surface area contributed by atoms with Crippen LogP contribution in [0.15, 0.2) is 23.6 Å². The molecule has 0 radical (unpaired) electrons. The Hall–Kier alpha value is -2.19. The standard InChI is InChI=1S/C18H19ClFN3O3S/c1-2-26-18(25)23-7-3-4-12(9-23)16(24)22-17-21-15(10-27-17)11-5-6-14(20)13(19)8-11/h5-6,8,10,12H,2-4,7,9H2,1H3,(H,21,22,24). The summed E-state index contributed by atoms with van der Waals surface area (Å²) in [6.07, 6.45) is 1.06. The van der Waals surface area contributed by atoms with E-state index in [0.29, 0.717) is 42.5 Å². The minimum atomic E-state index is -0.493. The van der Waals surface area contributed by atoms with Crippen LogP contribution >= 0.6 is 22.9 Å². The molecule has 1 N–H and O–H groups in total. The number of halogens is 2. The number of aromatic nitrogens is 1. The van der Waals surface area contributed by atoms with E-state index < -0.39 is 5.82 Å². The fraction of sp³-hybridized carbons (Fsp3) is 0.389. The summed E-state index contributed by atoms with van der Waals surface area (Å²) < 4.78 is 18.3. The highest BCUT2D eigenvalue weighted by Crippen LogP contribution is 2.28. The van der Waals surface area contributed by atoms with E-state index in [2.05, 4.69) is 10.3 Å². The number of benzene rings is 1. The van der Waals surface area contributed by atoms with Crippen LogP contribution < -0.4 is 5.32 Å². The summed E-state index contributed by atoms with van der Waals surface area (Å²) in [4.78, 5) is 30.3. The number of thiazole rings is 1. The number of piperidine rings is 1. The highest BCUT2D eigenvalue weighted by Gasteiger charge is 2.29. The van der Waals surface area contributed by atoms with Crippen molar-refractivity contribution in [2.45, 2.75) is 19.8 Å². The number of hydrogen-bond acceptors (Lipinski definition) is 5. The maximum atomic E-state index is 13.3. The minimum absolute atomic E-state index is 0.0207. The van der Waals surface area contributed by atoms with Crippen molar-refractivity contribution >= 4 is 40.1 Å². The normalized spacial score (nSPS) is 16.9. The van der Waals surface area contributed by atoms with Crippen molar-refractivity contribution in [1.29, 1.82) is 0 Å². The number of carbonyl (C=O) groups is 2. The van der Waals surface area contributed by atoms with Crippen LogP contribution in [0.3, 0.4) is 0 Å². The van der Waals surface area contributed by atoms with Gasteiger partial charge in [-0.1, -0.05) is 11.6 Å². The molecule has 0 spiro atoms. The molecule has 3 rings (SSSR count). The fourth-order valence-corrected chi connectivity index (χ4v) is 3.80. The molecule has 1 aliphatic heterocycles. The van der Waals surface area contributed by atoms with Crippen LogP contribution in [0, 0.1) is 11.7 Å². The first kappa shape index (κ1) is 19.6. The Kier molecular flexibility index (Phi) is 6.28. The molecule has 1 atom stereocenters. The molecule has 1 aromatic heterocycles. The quantitative estimate of drug-likeness (QED) is 0.808. The third kappa shape index (κ3) is 4.75. The topological polar surface area (TPSA) is 71.5 Å². The third-order valence-corrected chi connectivity index (χ3v) is 5.32. The first-order valence-electron chi connectivity index (χ1n) is 8.61. The molecular formula is C18H19ClFN3O3S. The Morgan fingerprint density at radius 1 is 1.48 bits per heavy atom. The number of rotatable bonds is 4. The maximum Gasteiger partial charge on any atom is 0.409 e. The van der Waals surface area contributed by atoms with Crippen molar-refractivity contribution in [2.24, 2.45) is 5.92 Å². The molecule has 0 bridgehead atoms. The number of carbonyl (C=O) groups excluding carboxylic acids is 2. The zero-order chi connectivity index (χ0) is 19.4. The van der Waals surface area contributed by atoms with Crippen LogP contribution in [0.2, 0.25) is 5.02 Å². The molecular weight excluding hydrogens is 393 g/mol. The van der Waals surface area contributed by atoms with E-state index in [1.807, 2.05) is 0 Å². The van der Waals surface area contributed by atoms with Crippen molar-refractivity contribution in [1.82, 2.24) is 9.88 Å². The minimum Gasteiger partial charge on any atom is -0.450 e. The summed E-state index contributed by atoms with van der Waals surface area (Å²) in [6.45, 7) is 2.98. The predicted octanol–water partition coefficient (Wildman–Crippen LogP) is 4.41. The van der Waals surface area contributed by atoms with E-state index in [9.17, 15) is 14.0 Å². The highest BCUT2D eigenvalue weighted by atomic mass is 35.5. The van der Waals surface area contributed by atoms with Crippen LogP contribution in [0.4, 0.5) is 14.3 Å². The number of likely N-dealkylation sites (tertiary alicyclic amines) is 1. The largest absolute Gasteiger partial charge is 0.450 e. The lowest BCUT2D eigenvalue weighted by Gasteiger charge is -2.30. The van der Waals surface area contributed by atoms with Crippen molar-refractivity contribution in [3.8, 4) is 11.3 Å². The summed E-state index contributed by atoms with van der Waals surface area (Å²) in [5.41, 5.74) is 1.28. The molecule has 0 saturated carbocycles. The monoisotopic (exact) mass is 411 g/mol. The average Bonchev–Trinajstić information content (AvgIpc) is 3.12. The van der Waals surface area contributed by atoms with Crippen LogP contribution in [-0.4, -0.2) is 41.6 Å². The van der Waals surface area contributed by atoms with Gasteiger partial charge in [-0.05, 0) is 38.0 Å². The van der Waals surface area contributed by atoms with E-state index in [1.165, 1.54) is 23.5 Å². The van der Waals surface area contributed by atoms with E-state index in [1.54, 1.807) is 23.3 Å². The SMILES string of the molecule is CCOC(=O)N1CCCC(C(=O)Nc2nc(-c3ccc(F)c(Cl)c3)cs2)C1. The molecule has 0 aliphatic carbocycles. The zero-order valence-corrected chi connectivity index (χ0v) is 16.3. The lowest BCUT2D eigenvalue weighted by Crippen LogP contribution is -2.44. The zero-order valence-electron chi connectivity index (χ0n) is 14.7. The molecule has 2 amide bonds. The van der Waals surface area contributed by atoms with Crippen LogP contribution in [0.5, 0.6) is 0 Å². The van der Waals surface area contributed by atoms with Gasteiger partial charge in [0.05, 0.1) is 23.2 Å². The Morgan fingerprint density at radius 2 is 2.30 bits per heavy atom. The van der Waals surface area contributed by atoms with Crippen molar-refractivity contribution in [3.05, 3.63) is 34.4 Å². The molecule has 1 aliphatic rings. The van der Waals surface area contributed by atoms with Crippen molar-refractivity contribution < 1.29 is 18.7 Å². The van der Waals surface area contributed by atoms with Crippen LogP contribution in [-0.2, 0) is 9.53 Å². The molecule has 6 nitrogen and oxygen atoms in total. The van der Waals surface area contributed by atoms with Crippen LogP contribution in [0.25, 0.3) is 11.3 Å². The van der Waals surface area contributed by atoms with Crippen molar-refractivity contribution in [3.63, 3.8) is 0 Å². The van der Waals surface area contributed by atoms with E-state index in [4.69, 9.17) is 16.3 Å². The molecule has 2 aromatic rings. The lowest BCUT2D eigenvalue weighted by atomic mass is 9.97. The Balaban J connectivity index is 1.63. The molecule has 1 unspecified atom stereocenters. The summed E-state index contributed by atoms with van der Waals surface area (Å²) >= 11 is 7.08. The molecule has 9 heteroatoms. The predicted molar refractivity (Wildman–Crippen MR) is 102 cm³/mol. The molecule has 144 valence electrons. The lowest BCUT2D eigenvalue weighted by molar-refractivity contribution is -0.121. The molecule has 1 fully saturated rings. The number of nitrogens with zero attached hydrogens (tertiary/aromatic N) is 2. The third-order valence-electron chi connectivity index (χ3n) is 4.27. The summed E-state index contributed by atoms with van der Waals surface area (Å²) in [5, 5.41) is 5.04. The summed E-state index contributed by atoms with van der Waals surface area (Å²) in [6, 6.07) is 4.36. The Bertz CT molecular complexity index is 845. The fourth-order valence-electron chi connectivity index (χ4n) is 2.90. The van der Waals surface area contributed by atoms with Gasteiger partial charge in [0.1, 0.15) is 5.82 Å². The van der Waals surface area contributed by atoms with Gasteiger partial charge in [0.2, 0.25) is 5.91 Å². The van der Waals surface area contributed by atoms with Gasteiger partial charge in [-0.15, -0.1) is 11.3 Å². The van der Waals surface area contributed by atoms with E-state index >= 15 is 0 Å². The number of anilines is 1. The highest BCUT2D eigenvalue weighted by molar-refractivity contribution is 7.14. The van der Waals surface area contributed by atoms with Gasteiger partial charge in [-0.25, -0.2) is 14.2 Å². The second-order valence-electron chi connectivity index (χ2n) is 6.14. The van der Waals surface area contributed by atoms with Crippen LogP contribution in [0.1, 0.15) is 19.8 Å². The van der Waals surface area contributed by atoms with E-state index in [-0.39, 0.29) is 22.9 Å². The van der Waals surface area contributed by atoms with E-state index in [0.717, 1.165) is 6.42 Å². The van der Waals surface area contributed by atoms with Crippen molar-refractivity contribution in [2.75, 3.05) is 25.0 Å². The van der Waals surface area contributed by atoms with Gasteiger partial charge >= 0.3 is 6.09 Å². The average molecular weight is 412 g/mol. The molecule has 1 aromatic carbocycles. The Labute approximate surface area is 165 Å². The number of hydrogen-bond donors (Lipinski definition) is 1. The maximum absolute atomic E-state index is 13.3.